The molecule has 0 radical (unpaired) electrons. The van der Waals surface area contributed by atoms with Crippen LogP contribution in [0.1, 0.15) is 15.9 Å². The van der Waals surface area contributed by atoms with Gasteiger partial charge in [-0.05, 0) is 48.0 Å². The van der Waals surface area contributed by atoms with Crippen LogP contribution in [0.5, 0.6) is 17.2 Å². The summed E-state index contributed by atoms with van der Waals surface area (Å²) >= 11 is 0. The van der Waals surface area contributed by atoms with E-state index in [2.05, 4.69) is 0 Å². The Bertz CT molecular complexity index is 1360. The Labute approximate surface area is 197 Å². The molecular formula is C27H25FN2O4. The van der Waals surface area contributed by atoms with Crippen LogP contribution in [0.2, 0.25) is 0 Å². The highest BCUT2D eigenvalue weighted by Gasteiger charge is 2.19. The standard InChI is InChI=1S/C27H25FN2O4/c1-30(16-17-9-11-24(32-2)21(28)13-17)27(31)20-15-23(29-22-8-6-5-7-19(20)22)18-10-12-25(33-3)26(14-18)34-4/h5-15H,16H2,1-4H3. The monoisotopic (exact) mass is 460 g/mol. The van der Waals surface area contributed by atoms with Crippen molar-refractivity contribution >= 4 is 16.8 Å². The molecule has 0 aliphatic rings. The summed E-state index contributed by atoms with van der Waals surface area (Å²) in [7, 11) is 6.25. The fourth-order valence-electron chi connectivity index (χ4n) is 3.86. The number of hydrogen-bond acceptors (Lipinski definition) is 5. The van der Waals surface area contributed by atoms with Crippen molar-refractivity contribution in [2.24, 2.45) is 0 Å². The van der Waals surface area contributed by atoms with Crippen LogP contribution in [0.15, 0.2) is 66.7 Å². The lowest BCUT2D eigenvalue weighted by Crippen LogP contribution is -2.26. The normalized spacial score (nSPS) is 10.7. The van der Waals surface area contributed by atoms with Crippen LogP contribution in [0.3, 0.4) is 0 Å². The van der Waals surface area contributed by atoms with E-state index in [1.807, 2.05) is 36.4 Å². The van der Waals surface area contributed by atoms with Crippen LogP contribution in [0.4, 0.5) is 4.39 Å². The molecule has 1 aromatic heterocycles. The van der Waals surface area contributed by atoms with Gasteiger partial charge in [0.25, 0.3) is 5.91 Å². The third-order valence-corrected chi connectivity index (χ3v) is 5.61. The molecule has 1 amide bonds. The minimum absolute atomic E-state index is 0.164. The average Bonchev–Trinajstić information content (AvgIpc) is 2.87. The van der Waals surface area contributed by atoms with E-state index in [1.54, 1.807) is 50.4 Å². The Hall–Kier alpha value is -4.13. The fourth-order valence-corrected chi connectivity index (χ4v) is 3.86. The van der Waals surface area contributed by atoms with Crippen molar-refractivity contribution in [3.8, 4) is 28.5 Å². The van der Waals surface area contributed by atoms with Crippen LogP contribution in [0.25, 0.3) is 22.2 Å². The van der Waals surface area contributed by atoms with E-state index in [-0.39, 0.29) is 18.2 Å². The van der Waals surface area contributed by atoms with Gasteiger partial charge < -0.3 is 19.1 Å². The van der Waals surface area contributed by atoms with Crippen LogP contribution in [-0.2, 0) is 6.54 Å². The molecule has 0 fully saturated rings. The number of rotatable bonds is 7. The first kappa shape index (κ1) is 23.0. The second-order valence-corrected chi connectivity index (χ2v) is 7.77. The molecule has 7 heteroatoms. The number of nitrogens with zero attached hydrogens (tertiary/aromatic N) is 2. The van der Waals surface area contributed by atoms with E-state index in [0.29, 0.717) is 33.8 Å². The Morgan fingerprint density at radius 2 is 1.59 bits per heavy atom. The zero-order valence-electron chi connectivity index (χ0n) is 19.5. The predicted octanol–water partition coefficient (Wildman–Crippen LogP) is 5.34. The number of pyridine rings is 1. The number of para-hydroxylation sites is 1. The third kappa shape index (κ3) is 4.50. The van der Waals surface area contributed by atoms with Crippen molar-refractivity contribution in [3.63, 3.8) is 0 Å². The molecule has 0 bridgehead atoms. The number of hydrogen-bond donors (Lipinski definition) is 0. The zero-order valence-corrected chi connectivity index (χ0v) is 19.5. The summed E-state index contributed by atoms with van der Waals surface area (Å²) in [6.45, 7) is 0.238. The molecule has 4 aromatic rings. The number of aromatic nitrogens is 1. The Morgan fingerprint density at radius 1 is 0.882 bits per heavy atom. The van der Waals surface area contributed by atoms with E-state index in [4.69, 9.17) is 19.2 Å². The molecule has 0 atom stereocenters. The second-order valence-electron chi connectivity index (χ2n) is 7.77. The number of methoxy groups -OCH3 is 3. The Kier molecular flexibility index (Phi) is 6.63. The summed E-state index contributed by atoms with van der Waals surface area (Å²) < 4.78 is 29.9. The van der Waals surface area contributed by atoms with Gasteiger partial charge in [-0.3, -0.25) is 4.79 Å². The van der Waals surface area contributed by atoms with E-state index in [9.17, 15) is 9.18 Å². The van der Waals surface area contributed by atoms with Gasteiger partial charge in [0.1, 0.15) is 0 Å². The lowest BCUT2D eigenvalue weighted by molar-refractivity contribution is 0.0787. The zero-order chi connectivity index (χ0) is 24.2. The first-order valence-corrected chi connectivity index (χ1v) is 10.6. The largest absolute Gasteiger partial charge is 0.494 e. The highest BCUT2D eigenvalue weighted by atomic mass is 19.1. The van der Waals surface area contributed by atoms with E-state index >= 15 is 0 Å². The van der Waals surface area contributed by atoms with Crippen LogP contribution in [-0.4, -0.2) is 44.2 Å². The Morgan fingerprint density at radius 3 is 2.29 bits per heavy atom. The predicted molar refractivity (Wildman–Crippen MR) is 129 cm³/mol. The minimum Gasteiger partial charge on any atom is -0.494 e. The Balaban J connectivity index is 1.73. The number of ether oxygens (including phenoxy) is 3. The third-order valence-electron chi connectivity index (χ3n) is 5.61. The molecule has 0 unspecified atom stereocenters. The van der Waals surface area contributed by atoms with E-state index in [1.165, 1.54) is 13.2 Å². The van der Waals surface area contributed by atoms with Gasteiger partial charge in [0.15, 0.2) is 23.1 Å². The van der Waals surface area contributed by atoms with Crippen LogP contribution < -0.4 is 14.2 Å². The molecule has 1 heterocycles. The lowest BCUT2D eigenvalue weighted by Gasteiger charge is -2.19. The summed E-state index contributed by atoms with van der Waals surface area (Å²) in [5, 5.41) is 0.740. The van der Waals surface area contributed by atoms with Crippen molar-refractivity contribution in [2.45, 2.75) is 6.54 Å². The summed E-state index contributed by atoms with van der Waals surface area (Å²) in [4.78, 5) is 19.8. The number of amides is 1. The average molecular weight is 461 g/mol. The van der Waals surface area contributed by atoms with Crippen molar-refractivity contribution < 1.29 is 23.4 Å². The van der Waals surface area contributed by atoms with Crippen LogP contribution >= 0.6 is 0 Å². The molecule has 0 N–H and O–H groups in total. The molecule has 3 aromatic carbocycles. The molecular weight excluding hydrogens is 435 g/mol. The molecule has 34 heavy (non-hydrogen) atoms. The van der Waals surface area contributed by atoms with E-state index < -0.39 is 5.82 Å². The topological polar surface area (TPSA) is 60.9 Å². The molecule has 0 saturated heterocycles. The fraction of sp³-hybridized carbons (Fsp3) is 0.185. The van der Waals surface area contributed by atoms with Crippen molar-refractivity contribution in [3.05, 3.63) is 83.7 Å². The molecule has 4 rings (SSSR count). The minimum atomic E-state index is -0.467. The molecule has 174 valence electrons. The highest BCUT2D eigenvalue weighted by molar-refractivity contribution is 6.07. The SMILES string of the molecule is COc1ccc(CN(C)C(=O)c2cc(-c3ccc(OC)c(OC)c3)nc3ccccc23)cc1F. The quantitative estimate of drug-likeness (QED) is 0.373. The maximum Gasteiger partial charge on any atom is 0.254 e. The number of carbonyl (C=O) groups excluding carboxylic acids is 1. The second kappa shape index (κ2) is 9.79. The first-order chi connectivity index (χ1) is 16.4. The number of carbonyl (C=O) groups is 1. The number of benzene rings is 3. The maximum atomic E-state index is 14.1. The smallest absolute Gasteiger partial charge is 0.254 e. The number of halogens is 1. The molecule has 6 nitrogen and oxygen atoms in total. The highest BCUT2D eigenvalue weighted by Crippen LogP contribution is 2.33. The molecule has 0 spiro atoms. The first-order valence-electron chi connectivity index (χ1n) is 10.6. The van der Waals surface area contributed by atoms with E-state index in [0.717, 1.165) is 10.9 Å². The number of fused-ring (bicyclic) bond motifs is 1. The van der Waals surface area contributed by atoms with Crippen molar-refractivity contribution in [1.29, 1.82) is 0 Å². The van der Waals surface area contributed by atoms with Gasteiger partial charge in [-0.2, -0.15) is 0 Å². The molecule has 0 aliphatic heterocycles. The van der Waals surface area contributed by atoms with Gasteiger partial charge >= 0.3 is 0 Å². The summed E-state index contributed by atoms with van der Waals surface area (Å²) in [5.74, 6) is 0.677. The van der Waals surface area contributed by atoms with Gasteiger partial charge in [-0.15, -0.1) is 0 Å². The molecule has 0 aliphatic carbocycles. The maximum absolute atomic E-state index is 14.1. The van der Waals surface area contributed by atoms with Crippen molar-refractivity contribution in [2.75, 3.05) is 28.4 Å². The summed E-state index contributed by atoms with van der Waals surface area (Å²) in [5.41, 5.74) is 3.28. The van der Waals surface area contributed by atoms with Gasteiger partial charge in [0.2, 0.25) is 0 Å². The molecule has 0 saturated carbocycles. The van der Waals surface area contributed by atoms with Crippen molar-refractivity contribution in [1.82, 2.24) is 9.88 Å². The van der Waals surface area contributed by atoms with Gasteiger partial charge in [-0.1, -0.05) is 24.3 Å². The van der Waals surface area contributed by atoms with Gasteiger partial charge in [-0.25, -0.2) is 9.37 Å². The lowest BCUT2D eigenvalue weighted by atomic mass is 10.0. The summed E-state index contributed by atoms with van der Waals surface area (Å²) in [6.07, 6.45) is 0. The van der Waals surface area contributed by atoms with Gasteiger partial charge in [0, 0.05) is 24.5 Å². The van der Waals surface area contributed by atoms with Crippen LogP contribution in [0, 0.1) is 5.82 Å². The summed E-state index contributed by atoms with van der Waals surface area (Å²) in [6, 6.07) is 19.4. The van der Waals surface area contributed by atoms with Gasteiger partial charge in [0.05, 0.1) is 38.1 Å².